The van der Waals surface area contributed by atoms with Crippen molar-refractivity contribution < 1.29 is 9.47 Å². The van der Waals surface area contributed by atoms with Crippen molar-refractivity contribution in [3.63, 3.8) is 0 Å². The molecule has 0 aliphatic rings. The van der Waals surface area contributed by atoms with E-state index in [9.17, 15) is 0 Å². The Morgan fingerprint density at radius 2 is 2.00 bits per heavy atom. The number of nitrogens with zero attached hydrogens (tertiary/aromatic N) is 2. The van der Waals surface area contributed by atoms with Crippen LogP contribution in [0.2, 0.25) is 0 Å². The molecule has 0 saturated heterocycles. The lowest BCUT2D eigenvalue weighted by molar-refractivity contribution is -0.0913. The van der Waals surface area contributed by atoms with E-state index in [1.165, 1.54) is 0 Å². The van der Waals surface area contributed by atoms with Gasteiger partial charge < -0.3 is 14.8 Å². The van der Waals surface area contributed by atoms with E-state index in [-0.39, 0.29) is 6.29 Å². The molecule has 1 aromatic heterocycles. The van der Waals surface area contributed by atoms with Gasteiger partial charge in [0.1, 0.15) is 0 Å². The first-order chi connectivity index (χ1) is 8.35. The largest absolute Gasteiger partial charge is 0.378 e. The van der Waals surface area contributed by atoms with Gasteiger partial charge in [-0.3, -0.25) is 0 Å². The summed E-state index contributed by atoms with van der Waals surface area (Å²) in [5, 5.41) is 12.3. The summed E-state index contributed by atoms with van der Waals surface area (Å²) in [7, 11) is 3.22. The molecule has 5 heteroatoms. The van der Waals surface area contributed by atoms with E-state index in [1.807, 2.05) is 24.3 Å². The minimum Gasteiger partial charge on any atom is -0.378 e. The molecular weight excluding hydrogens is 218 g/mol. The topological polar surface area (TPSA) is 56.3 Å². The van der Waals surface area contributed by atoms with Crippen LogP contribution in [0.25, 0.3) is 10.9 Å². The van der Waals surface area contributed by atoms with Crippen molar-refractivity contribution in [3.05, 3.63) is 30.5 Å². The summed E-state index contributed by atoms with van der Waals surface area (Å²) in [6, 6.07) is 7.84. The lowest BCUT2D eigenvalue weighted by Crippen LogP contribution is -2.23. The van der Waals surface area contributed by atoms with Gasteiger partial charge in [-0.2, -0.15) is 10.2 Å². The highest BCUT2D eigenvalue weighted by Gasteiger charge is 2.06. The number of ether oxygens (including phenoxy) is 2. The first-order valence-electron chi connectivity index (χ1n) is 5.35. The third-order valence-electron chi connectivity index (χ3n) is 2.53. The Balaban J connectivity index is 2.18. The molecule has 2 rings (SSSR count). The molecule has 0 aliphatic heterocycles. The number of nitrogens with one attached hydrogen (secondary N) is 1. The molecule has 2 aromatic rings. The number of anilines is 1. The lowest BCUT2D eigenvalue weighted by Gasteiger charge is -2.15. The Hall–Kier alpha value is -1.72. The van der Waals surface area contributed by atoms with Crippen LogP contribution >= 0.6 is 0 Å². The van der Waals surface area contributed by atoms with Crippen LogP contribution in [0.1, 0.15) is 0 Å². The molecule has 5 nitrogen and oxygen atoms in total. The van der Waals surface area contributed by atoms with Crippen LogP contribution in [-0.4, -0.2) is 37.3 Å². The van der Waals surface area contributed by atoms with Crippen molar-refractivity contribution in [1.82, 2.24) is 10.2 Å². The van der Waals surface area contributed by atoms with Gasteiger partial charge in [0.15, 0.2) is 6.29 Å². The molecule has 1 heterocycles. The molecule has 0 spiro atoms. The summed E-state index contributed by atoms with van der Waals surface area (Å²) in [6.07, 6.45) is 1.42. The van der Waals surface area contributed by atoms with E-state index in [4.69, 9.17) is 9.47 Å². The van der Waals surface area contributed by atoms with Gasteiger partial charge in [-0.15, -0.1) is 0 Å². The quantitative estimate of drug-likeness (QED) is 0.796. The highest BCUT2D eigenvalue weighted by molar-refractivity contribution is 5.90. The van der Waals surface area contributed by atoms with Crippen LogP contribution in [0.3, 0.4) is 0 Å². The standard InChI is InChI=1S/C12H15N3O2/c1-16-12(17-2)8-13-11-7-14-15-10-6-4-3-5-9(10)11/h3-7,12H,8H2,1-2H3,(H,13,15). The summed E-state index contributed by atoms with van der Waals surface area (Å²) in [6.45, 7) is 0.558. The van der Waals surface area contributed by atoms with Gasteiger partial charge in [-0.1, -0.05) is 18.2 Å². The van der Waals surface area contributed by atoms with Gasteiger partial charge in [-0.25, -0.2) is 0 Å². The second-order valence-electron chi connectivity index (χ2n) is 3.56. The fraction of sp³-hybridized carbons (Fsp3) is 0.333. The van der Waals surface area contributed by atoms with E-state index in [2.05, 4.69) is 15.5 Å². The van der Waals surface area contributed by atoms with Crippen LogP contribution < -0.4 is 5.32 Å². The SMILES string of the molecule is COC(CNc1cnnc2ccccc12)OC. The van der Waals surface area contributed by atoms with Crippen molar-refractivity contribution in [2.24, 2.45) is 0 Å². The van der Waals surface area contributed by atoms with Crippen LogP contribution in [-0.2, 0) is 9.47 Å². The van der Waals surface area contributed by atoms with E-state index in [0.29, 0.717) is 6.54 Å². The molecule has 17 heavy (non-hydrogen) atoms. The number of methoxy groups -OCH3 is 2. The third kappa shape index (κ3) is 2.69. The molecule has 1 aromatic carbocycles. The van der Waals surface area contributed by atoms with E-state index in [1.54, 1.807) is 20.4 Å². The Morgan fingerprint density at radius 3 is 2.76 bits per heavy atom. The monoisotopic (exact) mass is 233 g/mol. The maximum absolute atomic E-state index is 5.11. The van der Waals surface area contributed by atoms with Gasteiger partial charge in [0.2, 0.25) is 0 Å². The smallest absolute Gasteiger partial charge is 0.173 e. The van der Waals surface area contributed by atoms with Crippen molar-refractivity contribution in [1.29, 1.82) is 0 Å². The number of rotatable bonds is 5. The van der Waals surface area contributed by atoms with Crippen LogP contribution in [0.15, 0.2) is 30.5 Å². The predicted molar refractivity (Wildman–Crippen MR) is 65.8 cm³/mol. The minimum absolute atomic E-state index is 0.276. The van der Waals surface area contributed by atoms with Crippen LogP contribution in [0, 0.1) is 0 Å². The third-order valence-corrected chi connectivity index (χ3v) is 2.53. The fourth-order valence-electron chi connectivity index (χ4n) is 1.60. The van der Waals surface area contributed by atoms with Crippen molar-refractivity contribution in [3.8, 4) is 0 Å². The number of hydrogen-bond acceptors (Lipinski definition) is 5. The summed E-state index contributed by atoms with van der Waals surface area (Å²) in [5.41, 5.74) is 1.79. The molecule has 0 fully saturated rings. The summed E-state index contributed by atoms with van der Waals surface area (Å²) in [5.74, 6) is 0. The normalized spacial score (nSPS) is 11.0. The maximum atomic E-state index is 5.11. The first-order valence-corrected chi connectivity index (χ1v) is 5.35. The number of fused-ring (bicyclic) bond motifs is 1. The molecule has 0 radical (unpaired) electrons. The Bertz CT molecular complexity index is 481. The van der Waals surface area contributed by atoms with Crippen LogP contribution in [0.5, 0.6) is 0 Å². The Kier molecular flexibility index (Phi) is 3.85. The minimum atomic E-state index is -0.276. The fourth-order valence-corrected chi connectivity index (χ4v) is 1.60. The molecule has 0 saturated carbocycles. The second kappa shape index (κ2) is 5.56. The summed E-state index contributed by atoms with van der Waals surface area (Å²) >= 11 is 0. The molecule has 0 unspecified atom stereocenters. The predicted octanol–water partition coefficient (Wildman–Crippen LogP) is 1.66. The Labute approximate surface area is 99.8 Å². The molecular formula is C12H15N3O2. The summed E-state index contributed by atoms with van der Waals surface area (Å²) in [4.78, 5) is 0. The van der Waals surface area contributed by atoms with Gasteiger partial charge >= 0.3 is 0 Å². The zero-order valence-corrected chi connectivity index (χ0v) is 9.88. The summed E-state index contributed by atoms with van der Waals surface area (Å²) < 4.78 is 10.2. The van der Waals surface area contributed by atoms with Crippen molar-refractivity contribution in [2.45, 2.75) is 6.29 Å². The lowest BCUT2D eigenvalue weighted by atomic mass is 10.2. The van der Waals surface area contributed by atoms with E-state index in [0.717, 1.165) is 16.6 Å². The molecule has 1 N–H and O–H groups in total. The zero-order valence-electron chi connectivity index (χ0n) is 9.88. The Morgan fingerprint density at radius 1 is 1.24 bits per heavy atom. The number of hydrogen-bond donors (Lipinski definition) is 1. The average Bonchev–Trinajstić information content (AvgIpc) is 2.40. The van der Waals surface area contributed by atoms with Gasteiger partial charge in [-0.05, 0) is 6.07 Å². The molecule has 0 aliphatic carbocycles. The van der Waals surface area contributed by atoms with Crippen molar-refractivity contribution in [2.75, 3.05) is 26.1 Å². The highest BCUT2D eigenvalue weighted by Crippen LogP contribution is 2.19. The highest BCUT2D eigenvalue weighted by atomic mass is 16.7. The van der Waals surface area contributed by atoms with Crippen LogP contribution in [0.4, 0.5) is 5.69 Å². The maximum Gasteiger partial charge on any atom is 0.173 e. The van der Waals surface area contributed by atoms with E-state index < -0.39 is 0 Å². The molecule has 0 amide bonds. The molecule has 90 valence electrons. The number of benzene rings is 1. The zero-order chi connectivity index (χ0) is 12.1. The van der Waals surface area contributed by atoms with Gasteiger partial charge in [0, 0.05) is 19.6 Å². The van der Waals surface area contributed by atoms with Gasteiger partial charge in [0.25, 0.3) is 0 Å². The average molecular weight is 233 g/mol. The molecule has 0 bridgehead atoms. The van der Waals surface area contributed by atoms with Gasteiger partial charge in [0.05, 0.1) is 23.9 Å². The first kappa shape index (κ1) is 11.8. The number of aromatic nitrogens is 2. The van der Waals surface area contributed by atoms with E-state index >= 15 is 0 Å². The second-order valence-corrected chi connectivity index (χ2v) is 3.56. The van der Waals surface area contributed by atoms with Crippen molar-refractivity contribution >= 4 is 16.6 Å². The molecule has 0 atom stereocenters.